The number of hydrogen-bond acceptors (Lipinski definition) is 8. The Morgan fingerprint density at radius 1 is 1.32 bits per heavy atom. The molecule has 1 N–H and O–H groups in total. The molecule has 0 radical (unpaired) electrons. The topological polar surface area (TPSA) is 127 Å². The van der Waals surface area contributed by atoms with E-state index in [2.05, 4.69) is 39.4 Å². The molecule has 12 heteroatoms. The summed E-state index contributed by atoms with van der Waals surface area (Å²) >= 11 is 3.62. The zero-order valence-electron chi connectivity index (χ0n) is 20.8. The maximum absolute atomic E-state index is 14.3. The highest BCUT2D eigenvalue weighted by atomic mass is 79.9. The van der Waals surface area contributed by atoms with Gasteiger partial charge in [0.1, 0.15) is 23.8 Å². The van der Waals surface area contributed by atoms with E-state index in [9.17, 15) is 19.5 Å². The number of benzene rings is 1. The van der Waals surface area contributed by atoms with Gasteiger partial charge in [0.05, 0.1) is 36.7 Å². The van der Waals surface area contributed by atoms with Crippen LogP contribution in [-0.4, -0.2) is 96.6 Å². The van der Waals surface area contributed by atoms with E-state index in [1.165, 1.54) is 9.80 Å². The van der Waals surface area contributed by atoms with E-state index in [4.69, 9.17) is 9.47 Å². The molecule has 38 heavy (non-hydrogen) atoms. The van der Waals surface area contributed by atoms with E-state index in [1.54, 1.807) is 16.8 Å². The van der Waals surface area contributed by atoms with Crippen molar-refractivity contribution >= 4 is 44.7 Å². The van der Waals surface area contributed by atoms with Gasteiger partial charge in [-0.25, -0.2) is 4.68 Å². The first-order chi connectivity index (χ1) is 18.4. The number of aliphatic hydroxyl groups is 1. The van der Waals surface area contributed by atoms with Gasteiger partial charge in [-0.1, -0.05) is 45.4 Å². The molecule has 4 heterocycles. The Kier molecular flexibility index (Phi) is 7.38. The molecule has 0 aliphatic carbocycles. The number of para-hydroxylation sites is 1. The molecule has 6 atom stereocenters. The van der Waals surface area contributed by atoms with Crippen molar-refractivity contribution in [3.05, 3.63) is 49.6 Å². The van der Waals surface area contributed by atoms with Crippen LogP contribution in [0.3, 0.4) is 0 Å². The lowest BCUT2D eigenvalue weighted by atomic mass is 9.70. The van der Waals surface area contributed by atoms with E-state index >= 15 is 0 Å². The van der Waals surface area contributed by atoms with Gasteiger partial charge in [0.15, 0.2) is 0 Å². The van der Waals surface area contributed by atoms with Crippen LogP contribution in [0.5, 0.6) is 0 Å². The van der Waals surface area contributed by atoms with Gasteiger partial charge in [0.2, 0.25) is 11.8 Å². The summed E-state index contributed by atoms with van der Waals surface area (Å²) in [4.78, 5) is 43.8. The largest absolute Gasteiger partial charge is 0.465 e. The molecule has 11 nitrogen and oxygen atoms in total. The minimum Gasteiger partial charge on any atom is -0.465 e. The number of rotatable bonds is 11. The number of aromatic nitrogens is 3. The first-order valence-electron chi connectivity index (χ1n) is 12.6. The third-order valence-corrected chi connectivity index (χ3v) is 8.43. The summed E-state index contributed by atoms with van der Waals surface area (Å²) in [5.41, 5.74) is 0.197. The number of β-amino-alcohol motifs (C(OH)–C–C–N with tert-alkyl or cyclic N) is 1. The predicted molar refractivity (Wildman–Crippen MR) is 140 cm³/mol. The van der Waals surface area contributed by atoms with E-state index in [-0.39, 0.29) is 43.7 Å². The van der Waals surface area contributed by atoms with Crippen molar-refractivity contribution in [2.45, 2.75) is 42.1 Å². The fraction of sp³-hybridized carbons (Fsp3) is 0.500. The number of carbonyl (C=O) groups excluding carboxylic acids is 3. The number of alkyl halides is 1. The highest BCUT2D eigenvalue weighted by Gasteiger charge is 2.77. The lowest BCUT2D eigenvalue weighted by Crippen LogP contribution is -2.57. The number of ether oxygens (including phenoxy) is 2. The van der Waals surface area contributed by atoms with Gasteiger partial charge in [-0.2, -0.15) is 0 Å². The normalized spacial score (nSPS) is 29.5. The monoisotopic (exact) mass is 587 g/mol. The van der Waals surface area contributed by atoms with Crippen LogP contribution in [-0.2, 0) is 30.5 Å². The van der Waals surface area contributed by atoms with E-state index in [0.29, 0.717) is 18.4 Å². The molecule has 2 amide bonds. The molecule has 3 unspecified atom stereocenters. The molecule has 3 aliphatic heterocycles. The van der Waals surface area contributed by atoms with Gasteiger partial charge < -0.3 is 24.4 Å². The fourth-order valence-electron chi connectivity index (χ4n) is 6.10. The predicted octanol–water partition coefficient (Wildman–Crippen LogP) is 1.26. The Hall–Kier alpha value is -3.09. The van der Waals surface area contributed by atoms with Crippen LogP contribution in [0.4, 0.5) is 0 Å². The summed E-state index contributed by atoms with van der Waals surface area (Å²) in [6, 6.07) is 6.36. The van der Waals surface area contributed by atoms with Gasteiger partial charge in [0.25, 0.3) is 0 Å². The second kappa shape index (κ2) is 10.6. The van der Waals surface area contributed by atoms with Gasteiger partial charge >= 0.3 is 5.97 Å². The van der Waals surface area contributed by atoms with Crippen molar-refractivity contribution in [2.75, 3.05) is 26.3 Å². The van der Waals surface area contributed by atoms with Gasteiger partial charge in [-0.15, -0.1) is 18.3 Å². The number of hydrogen-bond donors (Lipinski definition) is 1. The average Bonchev–Trinajstić information content (AvgIpc) is 3.62. The molecule has 0 saturated carbocycles. The molecular formula is C26H30BrN5O6. The molecule has 3 fully saturated rings. The summed E-state index contributed by atoms with van der Waals surface area (Å²) in [6.45, 7) is 7.42. The Balaban J connectivity index is 1.49. The highest BCUT2D eigenvalue weighted by Crippen LogP contribution is 2.60. The van der Waals surface area contributed by atoms with Crippen LogP contribution >= 0.6 is 15.9 Å². The average molecular weight is 588 g/mol. The molecule has 1 spiro atoms. The number of aliphatic hydroxyl groups excluding tert-OH is 1. The smallest absolute Gasteiger partial charge is 0.312 e. The summed E-state index contributed by atoms with van der Waals surface area (Å²) in [5.74, 6) is -3.06. The fourth-order valence-corrected chi connectivity index (χ4v) is 7.04. The Bertz CT molecular complexity index is 1270. The number of esters is 1. The number of likely N-dealkylation sites (tertiary alicyclic amines) is 1. The zero-order chi connectivity index (χ0) is 27.0. The molecule has 2 aromatic rings. The first kappa shape index (κ1) is 26.5. The van der Waals surface area contributed by atoms with Gasteiger partial charge in [0, 0.05) is 17.9 Å². The molecule has 2 bridgehead atoms. The Morgan fingerprint density at radius 2 is 2.11 bits per heavy atom. The van der Waals surface area contributed by atoms with Crippen LogP contribution in [0, 0.1) is 11.8 Å². The van der Waals surface area contributed by atoms with E-state index in [1.807, 2.05) is 24.3 Å². The van der Waals surface area contributed by atoms with Crippen molar-refractivity contribution in [3.63, 3.8) is 0 Å². The molecule has 1 aromatic heterocycles. The maximum atomic E-state index is 14.3. The third-order valence-electron chi connectivity index (χ3n) is 7.59. The van der Waals surface area contributed by atoms with Crippen LogP contribution < -0.4 is 0 Å². The SMILES string of the molecule is C=CCCOC(=O)[C@H]1[C@H]2C(=O)N(CCO)C(C(=O)N(CC=C)Cn3nnc4ccccc43)C23CC(Br)[C@@H]1O3. The van der Waals surface area contributed by atoms with Crippen LogP contribution in [0.25, 0.3) is 11.0 Å². The maximum Gasteiger partial charge on any atom is 0.312 e. The molecule has 3 aliphatic rings. The lowest BCUT2D eigenvalue weighted by Gasteiger charge is -2.36. The van der Waals surface area contributed by atoms with Crippen LogP contribution in [0.1, 0.15) is 12.8 Å². The van der Waals surface area contributed by atoms with Crippen molar-refractivity contribution in [2.24, 2.45) is 11.8 Å². The van der Waals surface area contributed by atoms with Gasteiger partial charge in [-0.3, -0.25) is 14.4 Å². The number of nitrogens with zero attached hydrogens (tertiary/aromatic N) is 5. The first-order valence-corrected chi connectivity index (χ1v) is 13.5. The minimum absolute atomic E-state index is 0.0674. The second-order valence-corrected chi connectivity index (χ2v) is 10.9. The van der Waals surface area contributed by atoms with E-state index < -0.39 is 41.5 Å². The number of halogens is 1. The molecule has 3 saturated heterocycles. The second-order valence-electron chi connectivity index (χ2n) is 9.73. The number of carbonyl (C=O) groups is 3. The van der Waals surface area contributed by atoms with Crippen molar-refractivity contribution in [1.82, 2.24) is 24.8 Å². The summed E-state index contributed by atoms with van der Waals surface area (Å²) in [5, 5.41) is 18.2. The highest BCUT2D eigenvalue weighted by molar-refractivity contribution is 9.09. The summed E-state index contributed by atoms with van der Waals surface area (Å²) in [7, 11) is 0. The van der Waals surface area contributed by atoms with E-state index in [0.717, 1.165) is 5.52 Å². The molecule has 202 valence electrons. The van der Waals surface area contributed by atoms with Crippen molar-refractivity contribution in [1.29, 1.82) is 0 Å². The third kappa shape index (κ3) is 4.15. The quantitative estimate of drug-likeness (QED) is 0.180. The molecule has 1 aromatic carbocycles. The molecule has 5 rings (SSSR count). The minimum atomic E-state index is -1.24. The summed E-state index contributed by atoms with van der Waals surface area (Å²) < 4.78 is 13.5. The molecular weight excluding hydrogens is 558 g/mol. The number of fused-ring (bicyclic) bond motifs is 2. The standard InChI is InChI=1S/C26H30BrN5O6/c1-3-5-13-37-25(36)19-20-23(34)31(11-12-33)22(26(20)14-16(27)21(19)38-26)24(35)30(10-4-2)15-32-18-9-7-6-8-17(18)28-29-32/h3-4,6-9,16,19-22,33H,1-2,5,10-15H2/t16?,19-,20-,21-,22?,26?/m0/s1. The zero-order valence-corrected chi connectivity index (χ0v) is 22.4. The Labute approximate surface area is 228 Å². The van der Waals surface area contributed by atoms with Crippen molar-refractivity contribution < 1.29 is 29.0 Å². The Morgan fingerprint density at radius 3 is 2.84 bits per heavy atom. The van der Waals surface area contributed by atoms with Crippen LogP contribution in [0.15, 0.2) is 49.6 Å². The van der Waals surface area contributed by atoms with Gasteiger partial charge in [-0.05, 0) is 25.0 Å². The lowest BCUT2D eigenvalue weighted by molar-refractivity contribution is -0.155. The summed E-state index contributed by atoms with van der Waals surface area (Å²) in [6.07, 6.45) is 3.47. The number of amides is 2. The van der Waals surface area contributed by atoms with Crippen LogP contribution in [0.2, 0.25) is 0 Å². The van der Waals surface area contributed by atoms with Crippen molar-refractivity contribution in [3.8, 4) is 0 Å².